The minimum absolute atomic E-state index is 0.172. The first-order valence-corrected chi connectivity index (χ1v) is 5.59. The molecule has 0 aliphatic rings. The number of aromatic nitrogens is 1. The highest BCUT2D eigenvalue weighted by Crippen LogP contribution is 2.27. The summed E-state index contributed by atoms with van der Waals surface area (Å²) in [5.74, 6) is -0.930. The molecule has 0 atom stereocenters. The number of aryl methyl sites for hydroxylation is 1. The summed E-state index contributed by atoms with van der Waals surface area (Å²) in [5, 5.41) is 19.7. The van der Waals surface area contributed by atoms with Gasteiger partial charge in [0, 0.05) is 24.4 Å². The second-order valence-electron chi connectivity index (χ2n) is 4.01. The van der Waals surface area contributed by atoms with Crippen LogP contribution in [0.2, 0.25) is 0 Å². The molecular formula is C13H10N2O5. The number of nitro benzene ring substituents is 1. The average molecular weight is 274 g/mol. The van der Waals surface area contributed by atoms with Crippen LogP contribution in [0.3, 0.4) is 0 Å². The molecule has 0 spiro atoms. The lowest BCUT2D eigenvalue weighted by atomic mass is 10.1. The summed E-state index contributed by atoms with van der Waals surface area (Å²) in [5.41, 5.74) is 0.0116. The van der Waals surface area contributed by atoms with Crippen LogP contribution >= 0.6 is 0 Å². The fourth-order valence-electron chi connectivity index (χ4n) is 1.59. The van der Waals surface area contributed by atoms with E-state index >= 15 is 0 Å². The molecule has 20 heavy (non-hydrogen) atoms. The Balaban J connectivity index is 2.36. The van der Waals surface area contributed by atoms with Gasteiger partial charge in [-0.05, 0) is 24.6 Å². The molecule has 0 unspecified atom stereocenters. The zero-order chi connectivity index (χ0) is 14.7. The third-order valence-corrected chi connectivity index (χ3v) is 2.51. The van der Waals surface area contributed by atoms with Crippen LogP contribution in [0.25, 0.3) is 0 Å². The quantitative estimate of drug-likeness (QED) is 0.679. The highest BCUT2D eigenvalue weighted by atomic mass is 16.6. The third-order valence-electron chi connectivity index (χ3n) is 2.51. The van der Waals surface area contributed by atoms with E-state index in [0.717, 1.165) is 17.7 Å². The van der Waals surface area contributed by atoms with Gasteiger partial charge < -0.3 is 9.84 Å². The minimum Gasteiger partial charge on any atom is -0.477 e. The molecule has 0 radical (unpaired) electrons. The van der Waals surface area contributed by atoms with Crippen LogP contribution in [-0.2, 0) is 0 Å². The fraction of sp³-hybridized carbons (Fsp3) is 0.0769. The number of hydrogen-bond acceptors (Lipinski definition) is 5. The highest BCUT2D eigenvalue weighted by molar-refractivity contribution is 5.92. The van der Waals surface area contributed by atoms with Gasteiger partial charge in [0.2, 0.25) is 5.88 Å². The number of rotatable bonds is 4. The lowest BCUT2D eigenvalue weighted by Crippen LogP contribution is -2.03. The number of nitro groups is 1. The van der Waals surface area contributed by atoms with E-state index in [2.05, 4.69) is 4.98 Å². The minimum atomic E-state index is -1.39. The van der Waals surface area contributed by atoms with Crippen molar-refractivity contribution < 1.29 is 19.6 Å². The number of carboxylic acid groups (broad SMARTS) is 1. The van der Waals surface area contributed by atoms with E-state index < -0.39 is 22.1 Å². The first-order valence-electron chi connectivity index (χ1n) is 5.59. The average Bonchev–Trinajstić information content (AvgIpc) is 2.38. The van der Waals surface area contributed by atoms with Crippen LogP contribution in [0, 0.1) is 17.0 Å². The van der Waals surface area contributed by atoms with Crippen molar-refractivity contribution in [2.75, 3.05) is 0 Å². The Morgan fingerprint density at radius 2 is 2.10 bits per heavy atom. The molecule has 0 saturated heterocycles. The molecule has 0 amide bonds. The summed E-state index contributed by atoms with van der Waals surface area (Å²) in [6.45, 7) is 1.85. The smallest absolute Gasteiger partial charge is 0.342 e. The predicted molar refractivity (Wildman–Crippen MR) is 69.1 cm³/mol. The van der Waals surface area contributed by atoms with Gasteiger partial charge in [0.05, 0.1) is 4.92 Å². The molecule has 0 bridgehead atoms. The number of aromatic carboxylic acids is 1. The maximum Gasteiger partial charge on any atom is 0.342 e. The van der Waals surface area contributed by atoms with Crippen molar-refractivity contribution in [3.63, 3.8) is 0 Å². The van der Waals surface area contributed by atoms with Crippen molar-refractivity contribution >= 4 is 11.7 Å². The number of carbonyl (C=O) groups is 1. The third kappa shape index (κ3) is 2.89. The molecule has 1 aromatic carbocycles. The van der Waals surface area contributed by atoms with Crippen LogP contribution in [0.15, 0.2) is 36.5 Å². The van der Waals surface area contributed by atoms with E-state index in [0.29, 0.717) is 0 Å². The van der Waals surface area contributed by atoms with Crippen molar-refractivity contribution in [2.45, 2.75) is 6.92 Å². The van der Waals surface area contributed by atoms with Crippen molar-refractivity contribution in [3.05, 3.63) is 57.8 Å². The summed E-state index contributed by atoms with van der Waals surface area (Å²) in [6.07, 6.45) is 1.55. The molecule has 0 aliphatic carbocycles. The summed E-state index contributed by atoms with van der Waals surface area (Å²) < 4.78 is 5.39. The summed E-state index contributed by atoms with van der Waals surface area (Å²) in [6, 6.07) is 6.97. The zero-order valence-electron chi connectivity index (χ0n) is 10.4. The molecule has 1 heterocycles. The Morgan fingerprint density at radius 1 is 1.35 bits per heavy atom. The number of hydrogen-bond donors (Lipinski definition) is 1. The maximum absolute atomic E-state index is 11.0. The molecule has 7 nitrogen and oxygen atoms in total. The highest BCUT2D eigenvalue weighted by Gasteiger charge is 2.20. The predicted octanol–water partition coefficient (Wildman–Crippen LogP) is 2.79. The zero-order valence-corrected chi connectivity index (χ0v) is 10.4. The van der Waals surface area contributed by atoms with E-state index in [1.807, 2.05) is 6.92 Å². The second-order valence-corrected chi connectivity index (χ2v) is 4.01. The molecule has 102 valence electrons. The van der Waals surface area contributed by atoms with E-state index in [1.54, 1.807) is 18.3 Å². The Bertz CT molecular complexity index is 684. The normalized spacial score (nSPS) is 10.1. The first kappa shape index (κ1) is 13.5. The number of benzene rings is 1. The maximum atomic E-state index is 11.0. The molecule has 2 aromatic rings. The van der Waals surface area contributed by atoms with Crippen molar-refractivity contribution in [2.24, 2.45) is 0 Å². The Kier molecular flexibility index (Phi) is 3.60. The van der Waals surface area contributed by atoms with Crippen LogP contribution < -0.4 is 4.74 Å². The summed E-state index contributed by atoms with van der Waals surface area (Å²) in [4.78, 5) is 25.0. The molecule has 1 N–H and O–H groups in total. The second kappa shape index (κ2) is 5.35. The number of pyridine rings is 1. The van der Waals surface area contributed by atoms with Gasteiger partial charge >= 0.3 is 5.97 Å². The molecule has 7 heteroatoms. The van der Waals surface area contributed by atoms with Crippen LogP contribution in [-0.4, -0.2) is 21.0 Å². The van der Waals surface area contributed by atoms with Crippen LogP contribution in [0.5, 0.6) is 11.6 Å². The van der Waals surface area contributed by atoms with Crippen LogP contribution in [0.1, 0.15) is 15.9 Å². The van der Waals surface area contributed by atoms with Crippen molar-refractivity contribution in [3.8, 4) is 11.6 Å². The van der Waals surface area contributed by atoms with E-state index in [9.17, 15) is 14.9 Å². The molecule has 2 rings (SSSR count). The van der Waals surface area contributed by atoms with Gasteiger partial charge in [-0.1, -0.05) is 0 Å². The van der Waals surface area contributed by atoms with Gasteiger partial charge in [-0.2, -0.15) is 0 Å². The van der Waals surface area contributed by atoms with E-state index in [1.165, 1.54) is 6.07 Å². The van der Waals surface area contributed by atoms with Crippen LogP contribution in [0.4, 0.5) is 5.69 Å². The van der Waals surface area contributed by atoms with E-state index in [-0.39, 0.29) is 11.6 Å². The number of carboxylic acids is 1. The monoisotopic (exact) mass is 274 g/mol. The summed E-state index contributed by atoms with van der Waals surface area (Å²) in [7, 11) is 0. The van der Waals surface area contributed by atoms with Crippen molar-refractivity contribution in [1.29, 1.82) is 0 Å². The topological polar surface area (TPSA) is 103 Å². The lowest BCUT2D eigenvalue weighted by molar-refractivity contribution is -0.385. The van der Waals surface area contributed by atoms with Gasteiger partial charge in [-0.15, -0.1) is 0 Å². The van der Waals surface area contributed by atoms with Gasteiger partial charge in [0.15, 0.2) is 0 Å². The standard InChI is InChI=1S/C13H10N2O5/c1-8-4-5-14-12(6-8)20-9-2-3-11(15(18)19)10(7-9)13(16)17/h2-7H,1H3,(H,16,17). The Labute approximate surface area is 113 Å². The Morgan fingerprint density at radius 3 is 2.70 bits per heavy atom. The lowest BCUT2D eigenvalue weighted by Gasteiger charge is -2.06. The largest absolute Gasteiger partial charge is 0.477 e. The summed E-state index contributed by atoms with van der Waals surface area (Å²) >= 11 is 0. The molecule has 1 aromatic heterocycles. The van der Waals surface area contributed by atoms with Gasteiger partial charge in [-0.3, -0.25) is 10.1 Å². The molecule has 0 fully saturated rings. The van der Waals surface area contributed by atoms with E-state index in [4.69, 9.17) is 9.84 Å². The van der Waals surface area contributed by atoms with Gasteiger partial charge in [0.1, 0.15) is 11.3 Å². The van der Waals surface area contributed by atoms with Gasteiger partial charge in [0.25, 0.3) is 5.69 Å². The molecular weight excluding hydrogens is 264 g/mol. The number of nitrogens with zero attached hydrogens (tertiary/aromatic N) is 2. The Hall–Kier alpha value is -2.96. The van der Waals surface area contributed by atoms with Crippen molar-refractivity contribution in [1.82, 2.24) is 4.98 Å². The fourth-order valence-corrected chi connectivity index (χ4v) is 1.59. The molecule has 0 saturated carbocycles. The first-order chi connectivity index (χ1) is 9.47. The number of ether oxygens (including phenoxy) is 1. The SMILES string of the molecule is Cc1ccnc(Oc2ccc([N+](=O)[O-])c(C(=O)O)c2)c1. The van der Waals surface area contributed by atoms with Gasteiger partial charge in [-0.25, -0.2) is 9.78 Å². The molecule has 0 aliphatic heterocycles.